The lowest BCUT2D eigenvalue weighted by molar-refractivity contribution is -0.158. The molecule has 0 radical (unpaired) electrons. The molecular formula is C20H26N2O5. The highest BCUT2D eigenvalue weighted by molar-refractivity contribution is 5.94. The van der Waals surface area contributed by atoms with Crippen molar-refractivity contribution < 1.29 is 23.9 Å². The number of hydrogen-bond donors (Lipinski definition) is 1. The summed E-state index contributed by atoms with van der Waals surface area (Å²) in [6.45, 7) is 6.72. The number of hydrogen-bond acceptors (Lipinski definition) is 5. The number of likely N-dealkylation sites (tertiary alicyclic amines) is 1. The number of benzene rings is 1. The molecule has 0 bridgehead atoms. The molecule has 1 aliphatic rings. The number of esters is 1. The van der Waals surface area contributed by atoms with Gasteiger partial charge in [0, 0.05) is 25.2 Å². The SMILES string of the molecule is C=CCOC(C)C(=O)OCC(=O)NCc1cccc(C(=O)N2CCCC2)c1. The van der Waals surface area contributed by atoms with Crippen LogP contribution < -0.4 is 5.32 Å². The number of nitrogens with zero attached hydrogens (tertiary/aromatic N) is 1. The van der Waals surface area contributed by atoms with E-state index in [1.165, 1.54) is 6.08 Å². The van der Waals surface area contributed by atoms with Crippen molar-refractivity contribution in [1.82, 2.24) is 10.2 Å². The van der Waals surface area contributed by atoms with Gasteiger partial charge in [0.1, 0.15) is 0 Å². The molecule has 1 atom stereocenters. The van der Waals surface area contributed by atoms with E-state index in [1.54, 1.807) is 25.1 Å². The molecule has 7 heteroatoms. The number of ether oxygens (including phenoxy) is 2. The second kappa shape index (κ2) is 10.5. The zero-order valence-electron chi connectivity index (χ0n) is 15.6. The summed E-state index contributed by atoms with van der Waals surface area (Å²) in [4.78, 5) is 37.8. The summed E-state index contributed by atoms with van der Waals surface area (Å²) in [5.41, 5.74) is 1.42. The molecule has 1 aromatic carbocycles. The fourth-order valence-corrected chi connectivity index (χ4v) is 2.70. The fourth-order valence-electron chi connectivity index (χ4n) is 2.70. The first kappa shape index (κ1) is 20.6. The summed E-state index contributed by atoms with van der Waals surface area (Å²) in [5, 5.41) is 2.67. The van der Waals surface area contributed by atoms with E-state index < -0.39 is 18.0 Å². The van der Waals surface area contributed by atoms with Gasteiger partial charge in [0.05, 0.1) is 6.61 Å². The molecule has 7 nitrogen and oxygen atoms in total. The Morgan fingerprint density at radius 1 is 1.30 bits per heavy atom. The van der Waals surface area contributed by atoms with Crippen LogP contribution in [0.25, 0.3) is 0 Å². The van der Waals surface area contributed by atoms with Gasteiger partial charge in [0.25, 0.3) is 11.8 Å². The maximum Gasteiger partial charge on any atom is 0.335 e. The van der Waals surface area contributed by atoms with E-state index in [1.807, 2.05) is 11.0 Å². The smallest absolute Gasteiger partial charge is 0.335 e. The minimum absolute atomic E-state index is 0.0168. The van der Waals surface area contributed by atoms with Gasteiger partial charge >= 0.3 is 5.97 Å². The Kier molecular flexibility index (Phi) is 8.00. The Morgan fingerprint density at radius 3 is 2.74 bits per heavy atom. The van der Waals surface area contributed by atoms with Crippen molar-refractivity contribution in [2.45, 2.75) is 32.4 Å². The summed E-state index contributed by atoms with van der Waals surface area (Å²) < 4.78 is 10.0. The van der Waals surface area contributed by atoms with E-state index in [2.05, 4.69) is 11.9 Å². The average molecular weight is 374 g/mol. The monoisotopic (exact) mass is 374 g/mol. The normalized spacial score (nSPS) is 14.5. The third-order valence-corrected chi connectivity index (χ3v) is 4.20. The first-order chi connectivity index (χ1) is 13.0. The van der Waals surface area contributed by atoms with Crippen LogP contribution in [0.15, 0.2) is 36.9 Å². The predicted molar refractivity (Wildman–Crippen MR) is 100.0 cm³/mol. The van der Waals surface area contributed by atoms with Crippen LogP contribution in [0.4, 0.5) is 0 Å². The topological polar surface area (TPSA) is 84.9 Å². The molecule has 1 heterocycles. The van der Waals surface area contributed by atoms with Gasteiger partial charge in [-0.1, -0.05) is 18.2 Å². The van der Waals surface area contributed by atoms with Crippen molar-refractivity contribution in [2.24, 2.45) is 0 Å². The van der Waals surface area contributed by atoms with Crippen molar-refractivity contribution in [3.63, 3.8) is 0 Å². The van der Waals surface area contributed by atoms with Crippen LogP contribution in [0.3, 0.4) is 0 Å². The predicted octanol–water partition coefficient (Wildman–Crippen LogP) is 1.67. The lowest BCUT2D eigenvalue weighted by atomic mass is 10.1. The molecule has 0 spiro atoms. The van der Waals surface area contributed by atoms with E-state index in [-0.39, 0.29) is 25.7 Å². The quantitative estimate of drug-likeness (QED) is 0.525. The van der Waals surface area contributed by atoms with Crippen LogP contribution in [0.5, 0.6) is 0 Å². The molecule has 1 aliphatic heterocycles. The molecule has 1 fully saturated rings. The van der Waals surface area contributed by atoms with Crippen LogP contribution in [0, 0.1) is 0 Å². The van der Waals surface area contributed by atoms with Gasteiger partial charge in [-0.05, 0) is 37.5 Å². The second-order valence-electron chi connectivity index (χ2n) is 6.35. The highest BCUT2D eigenvalue weighted by atomic mass is 16.6. The van der Waals surface area contributed by atoms with Crippen molar-refractivity contribution >= 4 is 17.8 Å². The van der Waals surface area contributed by atoms with Crippen LogP contribution >= 0.6 is 0 Å². The average Bonchev–Trinajstić information content (AvgIpc) is 3.23. The summed E-state index contributed by atoms with van der Waals surface area (Å²) in [6, 6.07) is 7.18. The van der Waals surface area contributed by atoms with E-state index in [0.29, 0.717) is 5.56 Å². The Labute approximate surface area is 159 Å². The van der Waals surface area contributed by atoms with E-state index in [0.717, 1.165) is 31.5 Å². The molecular weight excluding hydrogens is 348 g/mol. The van der Waals surface area contributed by atoms with Gasteiger partial charge in [-0.3, -0.25) is 9.59 Å². The maximum absolute atomic E-state index is 12.4. The van der Waals surface area contributed by atoms with Gasteiger partial charge in [0.15, 0.2) is 12.7 Å². The number of rotatable bonds is 9. The summed E-state index contributed by atoms with van der Waals surface area (Å²) >= 11 is 0. The van der Waals surface area contributed by atoms with Gasteiger partial charge < -0.3 is 19.7 Å². The molecule has 0 aromatic heterocycles. The first-order valence-corrected chi connectivity index (χ1v) is 9.05. The van der Waals surface area contributed by atoms with Gasteiger partial charge in [-0.25, -0.2) is 4.79 Å². The fraction of sp³-hybridized carbons (Fsp3) is 0.450. The summed E-state index contributed by atoms with van der Waals surface area (Å²) in [7, 11) is 0. The Bertz CT molecular complexity index is 683. The third-order valence-electron chi connectivity index (χ3n) is 4.20. The Balaban J connectivity index is 1.78. The Hall–Kier alpha value is -2.67. The molecule has 1 unspecified atom stereocenters. The van der Waals surface area contributed by atoms with Gasteiger partial charge in [-0.2, -0.15) is 0 Å². The van der Waals surface area contributed by atoms with Crippen LogP contribution in [-0.4, -0.2) is 55.1 Å². The molecule has 146 valence electrons. The van der Waals surface area contributed by atoms with Crippen molar-refractivity contribution in [3.05, 3.63) is 48.0 Å². The third kappa shape index (κ3) is 6.53. The lowest BCUT2D eigenvalue weighted by Gasteiger charge is -2.16. The molecule has 1 N–H and O–H groups in total. The van der Waals surface area contributed by atoms with Crippen LogP contribution in [0.1, 0.15) is 35.7 Å². The minimum atomic E-state index is -0.760. The zero-order chi connectivity index (χ0) is 19.6. The first-order valence-electron chi connectivity index (χ1n) is 9.05. The number of carbonyl (C=O) groups is 3. The standard InChI is InChI=1S/C20H26N2O5/c1-3-11-26-15(2)20(25)27-14-18(23)21-13-16-7-6-8-17(12-16)19(24)22-9-4-5-10-22/h3,6-8,12,15H,1,4-5,9-11,13-14H2,2H3,(H,21,23). The highest BCUT2D eigenvalue weighted by Crippen LogP contribution is 2.14. The molecule has 1 aromatic rings. The minimum Gasteiger partial charge on any atom is -0.454 e. The van der Waals surface area contributed by atoms with Crippen molar-refractivity contribution in [2.75, 3.05) is 26.3 Å². The molecule has 27 heavy (non-hydrogen) atoms. The van der Waals surface area contributed by atoms with E-state index in [9.17, 15) is 14.4 Å². The summed E-state index contributed by atoms with van der Waals surface area (Å²) in [6.07, 6.45) is 2.85. The maximum atomic E-state index is 12.4. The van der Waals surface area contributed by atoms with Crippen LogP contribution in [-0.2, 0) is 25.6 Å². The van der Waals surface area contributed by atoms with Gasteiger partial charge in [-0.15, -0.1) is 6.58 Å². The molecule has 2 rings (SSSR count). The summed E-state index contributed by atoms with van der Waals surface area (Å²) in [5.74, 6) is -1.01. The van der Waals surface area contributed by atoms with Crippen LogP contribution in [0.2, 0.25) is 0 Å². The second-order valence-corrected chi connectivity index (χ2v) is 6.35. The number of nitrogens with one attached hydrogen (secondary N) is 1. The molecule has 0 aliphatic carbocycles. The zero-order valence-corrected chi connectivity index (χ0v) is 15.6. The number of amides is 2. The lowest BCUT2D eigenvalue weighted by Crippen LogP contribution is -2.31. The van der Waals surface area contributed by atoms with Gasteiger partial charge in [0.2, 0.25) is 0 Å². The Morgan fingerprint density at radius 2 is 2.04 bits per heavy atom. The van der Waals surface area contributed by atoms with Crippen molar-refractivity contribution in [3.8, 4) is 0 Å². The highest BCUT2D eigenvalue weighted by Gasteiger charge is 2.19. The number of carbonyl (C=O) groups excluding carboxylic acids is 3. The molecule has 1 saturated heterocycles. The van der Waals surface area contributed by atoms with Crippen molar-refractivity contribution in [1.29, 1.82) is 0 Å². The molecule has 2 amide bonds. The van der Waals surface area contributed by atoms with E-state index >= 15 is 0 Å². The largest absolute Gasteiger partial charge is 0.454 e. The molecule has 0 saturated carbocycles. The van der Waals surface area contributed by atoms with E-state index in [4.69, 9.17) is 9.47 Å².